The van der Waals surface area contributed by atoms with E-state index < -0.39 is 0 Å². The van der Waals surface area contributed by atoms with Gasteiger partial charge in [0.1, 0.15) is 13.2 Å². The summed E-state index contributed by atoms with van der Waals surface area (Å²) in [5.74, 6) is 0.869. The van der Waals surface area contributed by atoms with Crippen LogP contribution in [0.1, 0.15) is 5.56 Å². The molecule has 0 aliphatic carbocycles. The Labute approximate surface area is 123 Å². The van der Waals surface area contributed by atoms with Crippen molar-refractivity contribution in [3.63, 3.8) is 0 Å². The van der Waals surface area contributed by atoms with Crippen LogP contribution in [0.2, 0.25) is 0 Å². The first-order chi connectivity index (χ1) is 10.1. The summed E-state index contributed by atoms with van der Waals surface area (Å²) in [4.78, 5) is 24.4. The molecule has 114 valence electrons. The number of likely N-dealkylation sites (N-methyl/N-ethyl adjacent to an activating group) is 1. The molecule has 7 nitrogen and oxygen atoms in total. The molecule has 0 fully saturated rings. The van der Waals surface area contributed by atoms with Crippen LogP contribution in [0.4, 0.5) is 0 Å². The molecule has 3 N–H and O–H groups in total. The zero-order valence-electron chi connectivity index (χ0n) is 11.9. The molecule has 21 heavy (non-hydrogen) atoms. The molecule has 7 heteroatoms. The van der Waals surface area contributed by atoms with Gasteiger partial charge < -0.3 is 25.4 Å². The SMILES string of the molecule is CN(Cc1ccc2c(c1)OCCO2)C(=O)CNC(=O)CN. The van der Waals surface area contributed by atoms with E-state index in [1.807, 2.05) is 18.2 Å². The van der Waals surface area contributed by atoms with Crippen LogP contribution >= 0.6 is 0 Å². The van der Waals surface area contributed by atoms with Crippen molar-refractivity contribution in [2.45, 2.75) is 6.54 Å². The zero-order valence-corrected chi connectivity index (χ0v) is 11.9. The molecule has 0 atom stereocenters. The maximum absolute atomic E-state index is 11.9. The molecule has 0 saturated carbocycles. The number of nitrogens with one attached hydrogen (secondary N) is 1. The van der Waals surface area contributed by atoms with Crippen molar-refractivity contribution in [3.05, 3.63) is 23.8 Å². The highest BCUT2D eigenvalue weighted by Crippen LogP contribution is 2.30. The average molecular weight is 293 g/mol. The van der Waals surface area contributed by atoms with Crippen molar-refractivity contribution in [3.8, 4) is 11.5 Å². The second-order valence-corrected chi connectivity index (χ2v) is 4.71. The van der Waals surface area contributed by atoms with Gasteiger partial charge in [-0.1, -0.05) is 6.07 Å². The summed E-state index contributed by atoms with van der Waals surface area (Å²) in [6.45, 7) is 1.31. The number of benzene rings is 1. The molecule has 1 aliphatic rings. The van der Waals surface area contributed by atoms with Crippen molar-refractivity contribution in [1.82, 2.24) is 10.2 Å². The Balaban J connectivity index is 1.91. The lowest BCUT2D eigenvalue weighted by atomic mass is 10.2. The van der Waals surface area contributed by atoms with Gasteiger partial charge in [0.25, 0.3) is 0 Å². The normalized spacial score (nSPS) is 12.7. The molecule has 0 bridgehead atoms. The Morgan fingerprint density at radius 1 is 1.29 bits per heavy atom. The van der Waals surface area contributed by atoms with E-state index in [0.29, 0.717) is 31.3 Å². The molecular formula is C14H19N3O4. The number of rotatable bonds is 5. The summed E-state index contributed by atoms with van der Waals surface area (Å²) in [5, 5.41) is 2.45. The van der Waals surface area contributed by atoms with E-state index in [9.17, 15) is 9.59 Å². The highest BCUT2D eigenvalue weighted by molar-refractivity contribution is 5.85. The highest BCUT2D eigenvalue weighted by atomic mass is 16.6. The molecule has 2 amide bonds. The molecule has 1 aromatic rings. The molecule has 1 aliphatic heterocycles. The Morgan fingerprint density at radius 3 is 2.71 bits per heavy atom. The standard InChI is InChI=1S/C14H19N3O4/c1-17(14(19)8-16-13(18)7-15)9-10-2-3-11-12(6-10)21-5-4-20-11/h2-3,6H,4-5,7-9,15H2,1H3,(H,16,18). The quantitative estimate of drug-likeness (QED) is 0.762. The van der Waals surface area contributed by atoms with E-state index >= 15 is 0 Å². The number of fused-ring (bicyclic) bond motifs is 1. The van der Waals surface area contributed by atoms with E-state index in [2.05, 4.69) is 5.32 Å². The lowest BCUT2D eigenvalue weighted by Crippen LogP contribution is -2.40. The molecule has 1 aromatic carbocycles. The van der Waals surface area contributed by atoms with Gasteiger partial charge >= 0.3 is 0 Å². The number of hydrogen-bond donors (Lipinski definition) is 2. The summed E-state index contributed by atoms with van der Waals surface area (Å²) in [6.07, 6.45) is 0. The minimum absolute atomic E-state index is 0.0584. The number of nitrogens with zero attached hydrogens (tertiary/aromatic N) is 1. The summed E-state index contributed by atoms with van der Waals surface area (Å²) in [6, 6.07) is 5.57. The van der Waals surface area contributed by atoms with Gasteiger partial charge in [0, 0.05) is 13.6 Å². The summed E-state index contributed by atoms with van der Waals surface area (Å²) in [7, 11) is 1.67. The van der Waals surface area contributed by atoms with Gasteiger partial charge in [-0.15, -0.1) is 0 Å². The zero-order chi connectivity index (χ0) is 15.2. The third-order valence-corrected chi connectivity index (χ3v) is 3.07. The van der Waals surface area contributed by atoms with Crippen molar-refractivity contribution in [2.24, 2.45) is 5.73 Å². The van der Waals surface area contributed by atoms with Crippen LogP contribution in [0.3, 0.4) is 0 Å². The van der Waals surface area contributed by atoms with Crippen LogP contribution in [0.5, 0.6) is 11.5 Å². The molecule has 0 unspecified atom stereocenters. The second kappa shape index (κ2) is 6.94. The Bertz CT molecular complexity index is 533. The van der Waals surface area contributed by atoms with Crippen LogP contribution in [-0.4, -0.2) is 50.1 Å². The predicted octanol–water partition coefficient (Wildman–Crippen LogP) is -0.509. The van der Waals surface area contributed by atoms with Gasteiger partial charge in [0.2, 0.25) is 11.8 Å². The van der Waals surface area contributed by atoms with E-state index in [1.165, 1.54) is 4.90 Å². The Kier molecular flexibility index (Phi) is 4.99. The number of amides is 2. The first kappa shape index (κ1) is 15.1. The first-order valence-corrected chi connectivity index (χ1v) is 6.69. The monoisotopic (exact) mass is 293 g/mol. The Morgan fingerprint density at radius 2 is 2.00 bits per heavy atom. The molecule has 0 spiro atoms. The predicted molar refractivity (Wildman–Crippen MR) is 76.0 cm³/mol. The topological polar surface area (TPSA) is 93.9 Å². The van der Waals surface area contributed by atoms with E-state index in [0.717, 1.165) is 5.56 Å². The second-order valence-electron chi connectivity index (χ2n) is 4.71. The van der Waals surface area contributed by atoms with Gasteiger partial charge in [-0.2, -0.15) is 0 Å². The van der Waals surface area contributed by atoms with E-state index in [4.69, 9.17) is 15.2 Å². The number of hydrogen-bond acceptors (Lipinski definition) is 5. The van der Waals surface area contributed by atoms with E-state index in [-0.39, 0.29) is 24.9 Å². The number of carbonyl (C=O) groups excluding carboxylic acids is 2. The fourth-order valence-electron chi connectivity index (χ4n) is 1.93. The van der Waals surface area contributed by atoms with Crippen LogP contribution in [0, 0.1) is 0 Å². The lowest BCUT2D eigenvalue weighted by Gasteiger charge is -2.21. The number of ether oxygens (including phenoxy) is 2. The highest BCUT2D eigenvalue weighted by Gasteiger charge is 2.14. The Hall–Kier alpha value is -2.28. The minimum atomic E-state index is -0.351. The van der Waals surface area contributed by atoms with Crippen molar-refractivity contribution < 1.29 is 19.1 Å². The maximum atomic E-state index is 11.9. The molecular weight excluding hydrogens is 274 g/mol. The molecule has 2 rings (SSSR count). The summed E-state index contributed by atoms with van der Waals surface area (Å²) in [5.41, 5.74) is 6.09. The van der Waals surface area contributed by atoms with Crippen LogP contribution in [0.15, 0.2) is 18.2 Å². The van der Waals surface area contributed by atoms with Crippen LogP contribution < -0.4 is 20.5 Å². The maximum Gasteiger partial charge on any atom is 0.242 e. The van der Waals surface area contributed by atoms with E-state index in [1.54, 1.807) is 7.05 Å². The minimum Gasteiger partial charge on any atom is -0.486 e. The fraction of sp³-hybridized carbons (Fsp3) is 0.429. The van der Waals surface area contributed by atoms with Crippen molar-refractivity contribution in [2.75, 3.05) is 33.4 Å². The smallest absolute Gasteiger partial charge is 0.242 e. The van der Waals surface area contributed by atoms with Gasteiger partial charge in [-0.25, -0.2) is 0 Å². The summed E-state index contributed by atoms with van der Waals surface area (Å²) < 4.78 is 10.9. The van der Waals surface area contributed by atoms with Crippen molar-refractivity contribution >= 4 is 11.8 Å². The lowest BCUT2D eigenvalue weighted by molar-refractivity contribution is -0.131. The average Bonchev–Trinajstić information content (AvgIpc) is 2.51. The molecule has 1 heterocycles. The molecule has 0 saturated heterocycles. The van der Waals surface area contributed by atoms with Gasteiger partial charge in [-0.05, 0) is 17.7 Å². The van der Waals surface area contributed by atoms with Gasteiger partial charge in [0.15, 0.2) is 11.5 Å². The van der Waals surface area contributed by atoms with Crippen molar-refractivity contribution in [1.29, 1.82) is 0 Å². The fourth-order valence-corrected chi connectivity index (χ4v) is 1.93. The molecule has 0 aromatic heterocycles. The number of nitrogens with two attached hydrogens (primary N) is 1. The summed E-state index contributed by atoms with van der Waals surface area (Å²) >= 11 is 0. The number of carbonyl (C=O) groups is 2. The third kappa shape index (κ3) is 4.09. The molecule has 0 radical (unpaired) electrons. The van der Waals surface area contributed by atoms with Crippen LogP contribution in [0.25, 0.3) is 0 Å². The van der Waals surface area contributed by atoms with Gasteiger partial charge in [0.05, 0.1) is 13.1 Å². The van der Waals surface area contributed by atoms with Gasteiger partial charge in [-0.3, -0.25) is 9.59 Å². The van der Waals surface area contributed by atoms with Crippen LogP contribution in [-0.2, 0) is 16.1 Å². The largest absolute Gasteiger partial charge is 0.486 e. The first-order valence-electron chi connectivity index (χ1n) is 6.69. The third-order valence-electron chi connectivity index (χ3n) is 3.07.